The zero-order valence-electron chi connectivity index (χ0n) is 25.4. The first-order valence-electron chi connectivity index (χ1n) is 15.6. The minimum atomic E-state index is -0.349. The lowest BCUT2D eigenvalue weighted by Crippen LogP contribution is -2.48. The predicted molar refractivity (Wildman–Crippen MR) is 163 cm³/mol. The molecule has 42 heavy (non-hydrogen) atoms. The number of hydrogen-bond acceptors (Lipinski definition) is 7. The van der Waals surface area contributed by atoms with Crippen molar-refractivity contribution in [3.8, 4) is 0 Å². The van der Waals surface area contributed by atoms with Crippen LogP contribution in [0.5, 0.6) is 0 Å². The topological polar surface area (TPSA) is 97.2 Å². The maximum absolute atomic E-state index is 14.1. The van der Waals surface area contributed by atoms with Crippen LogP contribution in [0.15, 0.2) is 30.6 Å². The van der Waals surface area contributed by atoms with E-state index in [0.29, 0.717) is 18.4 Å². The lowest BCUT2D eigenvalue weighted by Gasteiger charge is -2.46. The number of aromatic nitrogens is 4. The van der Waals surface area contributed by atoms with E-state index < -0.39 is 0 Å². The van der Waals surface area contributed by atoms with E-state index >= 15 is 0 Å². The number of carbonyl (C=O) groups excluding carboxylic acids is 1. The van der Waals surface area contributed by atoms with Crippen molar-refractivity contribution < 1.29 is 9.53 Å². The molecule has 0 radical (unpaired) electrons. The van der Waals surface area contributed by atoms with Gasteiger partial charge in [-0.25, -0.2) is 4.98 Å². The van der Waals surface area contributed by atoms with Crippen molar-refractivity contribution in [2.24, 2.45) is 7.05 Å². The average molecular weight is 570 g/mol. The van der Waals surface area contributed by atoms with E-state index in [1.54, 1.807) is 13.4 Å². The van der Waals surface area contributed by atoms with Crippen LogP contribution in [0.4, 0.5) is 11.6 Å². The number of carbonyl (C=O) groups is 1. The Morgan fingerprint density at radius 3 is 2.55 bits per heavy atom. The Bertz CT molecular complexity index is 1500. The molecule has 2 N–H and O–H groups in total. The van der Waals surface area contributed by atoms with Crippen LogP contribution in [0.25, 0.3) is 0 Å². The van der Waals surface area contributed by atoms with Gasteiger partial charge in [0.25, 0.3) is 5.91 Å². The van der Waals surface area contributed by atoms with Crippen molar-refractivity contribution >= 4 is 17.5 Å². The number of pyridine rings is 1. The van der Waals surface area contributed by atoms with Crippen LogP contribution in [0.1, 0.15) is 103 Å². The fourth-order valence-electron chi connectivity index (χ4n) is 7.59. The number of hydrogen-bond donors (Lipinski definition) is 2. The molecule has 3 aromatic rings. The molecule has 0 atom stereocenters. The Labute approximate surface area is 248 Å². The molecule has 3 fully saturated rings. The van der Waals surface area contributed by atoms with E-state index in [9.17, 15) is 4.79 Å². The van der Waals surface area contributed by atoms with Crippen molar-refractivity contribution in [3.05, 3.63) is 64.2 Å². The van der Waals surface area contributed by atoms with Gasteiger partial charge < -0.3 is 19.9 Å². The van der Waals surface area contributed by atoms with Gasteiger partial charge in [-0.2, -0.15) is 0 Å². The van der Waals surface area contributed by atoms with Crippen LogP contribution < -0.4 is 15.5 Å². The summed E-state index contributed by atoms with van der Waals surface area (Å²) >= 11 is 0. The SMILES string of the molecule is CO[C@H]1C[C@](c2cc(NC3CCCC3)nc(N3Cc4c(C)cc(CNC5(C)CCC5)cc4C3=O)c2)(c2nncn2C)C1. The second-order valence-electron chi connectivity index (χ2n) is 13.4. The summed E-state index contributed by atoms with van der Waals surface area (Å²) < 4.78 is 7.76. The van der Waals surface area contributed by atoms with E-state index in [4.69, 9.17) is 9.72 Å². The van der Waals surface area contributed by atoms with Crippen LogP contribution in [0.2, 0.25) is 0 Å². The van der Waals surface area contributed by atoms with Crippen molar-refractivity contribution in [2.45, 2.75) is 108 Å². The molecule has 3 heterocycles. The van der Waals surface area contributed by atoms with Crippen molar-refractivity contribution in [1.29, 1.82) is 0 Å². The lowest BCUT2D eigenvalue weighted by molar-refractivity contribution is -0.00696. The molecule has 3 saturated carbocycles. The maximum Gasteiger partial charge on any atom is 0.260 e. The van der Waals surface area contributed by atoms with E-state index in [2.05, 4.69) is 58.9 Å². The highest BCUT2D eigenvalue weighted by molar-refractivity contribution is 6.10. The highest BCUT2D eigenvalue weighted by atomic mass is 16.5. The fourth-order valence-corrected chi connectivity index (χ4v) is 7.59. The normalized spacial score (nSPS) is 24.9. The molecule has 7 rings (SSSR count). The van der Waals surface area contributed by atoms with Crippen LogP contribution in [-0.2, 0) is 30.3 Å². The standard InChI is InChI=1S/C33H43N7O2/c1-21-12-22(18-34-32(2)10-7-11-32)13-26-27(21)19-40(30(26)41)29-15-23(14-28(37-29)36-24-8-5-6-9-24)33(16-25(17-33)42-4)31-38-35-20-39(31)3/h12-15,20,24-25,34H,5-11,16-19H2,1-4H3,(H,36,37)/t25-,33-. The molecule has 3 aliphatic carbocycles. The minimum absolute atomic E-state index is 0.0253. The van der Waals surface area contributed by atoms with Gasteiger partial charge >= 0.3 is 0 Å². The van der Waals surface area contributed by atoms with Gasteiger partial charge in [0.1, 0.15) is 23.8 Å². The van der Waals surface area contributed by atoms with Crippen molar-refractivity contribution in [2.75, 3.05) is 17.3 Å². The molecule has 0 unspecified atom stereocenters. The fraction of sp³-hybridized carbons (Fsp3) is 0.576. The highest BCUT2D eigenvalue weighted by Crippen LogP contribution is 2.50. The number of ether oxygens (including phenoxy) is 1. The van der Waals surface area contributed by atoms with Crippen LogP contribution in [0.3, 0.4) is 0 Å². The second-order valence-corrected chi connectivity index (χ2v) is 13.4. The lowest BCUT2D eigenvalue weighted by atomic mass is 9.62. The number of amides is 1. The number of rotatable bonds is 9. The molecule has 4 aliphatic rings. The third kappa shape index (κ3) is 4.71. The highest BCUT2D eigenvalue weighted by Gasteiger charge is 2.51. The molecule has 0 bridgehead atoms. The molecule has 1 aromatic carbocycles. The molecule has 1 amide bonds. The van der Waals surface area contributed by atoms with Gasteiger partial charge in [0.15, 0.2) is 0 Å². The maximum atomic E-state index is 14.1. The summed E-state index contributed by atoms with van der Waals surface area (Å²) in [6, 6.07) is 9.02. The first-order chi connectivity index (χ1) is 20.3. The summed E-state index contributed by atoms with van der Waals surface area (Å²) in [6.45, 7) is 5.73. The van der Waals surface area contributed by atoms with Gasteiger partial charge in [-0.15, -0.1) is 10.2 Å². The molecule has 2 aromatic heterocycles. The largest absolute Gasteiger partial charge is 0.381 e. The first-order valence-corrected chi connectivity index (χ1v) is 15.6. The summed E-state index contributed by atoms with van der Waals surface area (Å²) in [7, 11) is 3.77. The minimum Gasteiger partial charge on any atom is -0.381 e. The Morgan fingerprint density at radius 1 is 1.10 bits per heavy atom. The molecule has 222 valence electrons. The number of anilines is 2. The van der Waals surface area contributed by atoms with E-state index in [0.717, 1.165) is 66.1 Å². The number of nitrogens with one attached hydrogen (secondary N) is 2. The molecule has 9 nitrogen and oxygen atoms in total. The summed E-state index contributed by atoms with van der Waals surface area (Å²) in [5.74, 6) is 2.47. The van der Waals surface area contributed by atoms with E-state index in [-0.39, 0.29) is 23.0 Å². The quantitative estimate of drug-likeness (QED) is 0.367. The summed E-state index contributed by atoms with van der Waals surface area (Å²) in [4.78, 5) is 21.0. The molecule has 0 saturated heterocycles. The summed E-state index contributed by atoms with van der Waals surface area (Å²) in [6.07, 6.45) is 12.0. The number of nitrogens with zero attached hydrogens (tertiary/aromatic N) is 5. The zero-order chi connectivity index (χ0) is 29.1. The van der Waals surface area contributed by atoms with Crippen LogP contribution >= 0.6 is 0 Å². The van der Waals surface area contributed by atoms with Gasteiger partial charge in [-0.3, -0.25) is 9.69 Å². The number of fused-ring (bicyclic) bond motifs is 1. The molecular formula is C33H43N7O2. The number of methoxy groups -OCH3 is 1. The summed E-state index contributed by atoms with van der Waals surface area (Å²) in [5, 5.41) is 16.2. The monoisotopic (exact) mass is 569 g/mol. The first kappa shape index (κ1) is 27.5. The van der Waals surface area contributed by atoms with Crippen LogP contribution in [0, 0.1) is 6.92 Å². The second kappa shape index (κ2) is 10.5. The van der Waals surface area contributed by atoms with Crippen molar-refractivity contribution in [1.82, 2.24) is 25.1 Å². The van der Waals surface area contributed by atoms with E-state index in [1.807, 2.05) is 16.5 Å². The van der Waals surface area contributed by atoms with Crippen molar-refractivity contribution in [3.63, 3.8) is 0 Å². The third-order valence-corrected chi connectivity index (χ3v) is 10.5. The van der Waals surface area contributed by atoms with Gasteiger partial charge in [0.05, 0.1) is 18.1 Å². The molecule has 1 aliphatic heterocycles. The number of aryl methyl sites for hydroxylation is 2. The Morgan fingerprint density at radius 2 is 1.88 bits per heavy atom. The molecule has 9 heteroatoms. The predicted octanol–water partition coefficient (Wildman–Crippen LogP) is 5.16. The third-order valence-electron chi connectivity index (χ3n) is 10.5. The van der Waals surface area contributed by atoms with Gasteiger partial charge in [0.2, 0.25) is 0 Å². The molecule has 0 spiro atoms. The smallest absolute Gasteiger partial charge is 0.260 e. The Hall–Kier alpha value is -3.30. The van der Waals surface area contributed by atoms with Gasteiger partial charge in [-0.05, 0) is 99.2 Å². The average Bonchev–Trinajstić information content (AvgIpc) is 3.68. The van der Waals surface area contributed by atoms with Gasteiger partial charge in [-0.1, -0.05) is 18.9 Å². The Kier molecular flexibility index (Phi) is 6.85. The van der Waals surface area contributed by atoms with Crippen LogP contribution in [-0.4, -0.2) is 50.5 Å². The Balaban J connectivity index is 1.24. The summed E-state index contributed by atoms with van der Waals surface area (Å²) in [5.41, 5.74) is 5.21. The zero-order valence-corrected chi connectivity index (χ0v) is 25.4. The van der Waals surface area contributed by atoms with E-state index in [1.165, 1.54) is 37.7 Å². The van der Waals surface area contributed by atoms with Gasteiger partial charge in [0, 0.05) is 37.8 Å². The number of benzene rings is 1. The molecular weight excluding hydrogens is 526 g/mol.